The first-order valence-corrected chi connectivity index (χ1v) is 8.74. The molecule has 0 aromatic heterocycles. The normalized spacial score (nSPS) is 11.3. The third kappa shape index (κ3) is 6.73. The van der Waals surface area contributed by atoms with Crippen LogP contribution in [0.25, 0.3) is 0 Å². The Balaban J connectivity index is 1.96. The van der Waals surface area contributed by atoms with Gasteiger partial charge in [0.2, 0.25) is 5.91 Å². The molecule has 0 radical (unpaired) electrons. The predicted molar refractivity (Wildman–Crippen MR) is 103 cm³/mol. The topological polar surface area (TPSA) is 84.0 Å². The number of hydrogen-bond acceptors (Lipinski definition) is 4. The van der Waals surface area contributed by atoms with E-state index < -0.39 is 42.2 Å². The Labute approximate surface area is 174 Å². The van der Waals surface area contributed by atoms with E-state index in [4.69, 9.17) is 4.74 Å². The average molecular weight is 446 g/mol. The van der Waals surface area contributed by atoms with Crippen LogP contribution in [0.15, 0.2) is 35.3 Å². The van der Waals surface area contributed by atoms with Crippen LogP contribution in [0, 0.1) is 17.5 Å². The molecule has 0 spiro atoms. The molecule has 0 bridgehead atoms. The molecule has 12 heteroatoms. The van der Waals surface area contributed by atoms with Crippen molar-refractivity contribution in [3.05, 3.63) is 53.3 Å². The van der Waals surface area contributed by atoms with Crippen LogP contribution in [0.4, 0.5) is 27.6 Å². The SMILES string of the molecule is CN=C(NCC(=O)Nc1ccc(F)c(F)c1F)NCc1cc(OC)ccc1OC(F)F. The standard InChI is InChI=1S/C19H19F5N4O3/c1-25-19(26-8-10-7-11(30-2)3-6-14(10)31-18(23)24)27-9-15(29)28-13-5-4-12(20)16(21)17(13)22/h3-7,18H,8-9H2,1-2H3,(H,28,29)(H2,25,26,27). The third-order valence-corrected chi connectivity index (χ3v) is 3.88. The summed E-state index contributed by atoms with van der Waals surface area (Å²) in [6.07, 6.45) is 0. The van der Waals surface area contributed by atoms with Crippen molar-refractivity contribution in [1.82, 2.24) is 10.6 Å². The van der Waals surface area contributed by atoms with Gasteiger partial charge in [0.1, 0.15) is 11.5 Å². The minimum absolute atomic E-state index is 0.0155. The van der Waals surface area contributed by atoms with Crippen LogP contribution in [-0.4, -0.2) is 39.2 Å². The lowest BCUT2D eigenvalue weighted by Crippen LogP contribution is -2.41. The van der Waals surface area contributed by atoms with Gasteiger partial charge in [-0.15, -0.1) is 0 Å². The molecule has 31 heavy (non-hydrogen) atoms. The lowest BCUT2D eigenvalue weighted by molar-refractivity contribution is -0.115. The monoisotopic (exact) mass is 446 g/mol. The van der Waals surface area contributed by atoms with Crippen LogP contribution in [0.2, 0.25) is 0 Å². The van der Waals surface area contributed by atoms with Crippen molar-refractivity contribution < 1.29 is 36.2 Å². The minimum atomic E-state index is -3.02. The van der Waals surface area contributed by atoms with Gasteiger partial charge in [-0.3, -0.25) is 9.79 Å². The highest BCUT2D eigenvalue weighted by molar-refractivity contribution is 5.95. The van der Waals surface area contributed by atoms with Crippen LogP contribution in [0.3, 0.4) is 0 Å². The molecule has 7 nitrogen and oxygen atoms in total. The average Bonchev–Trinajstić information content (AvgIpc) is 2.74. The Morgan fingerprint density at radius 2 is 1.84 bits per heavy atom. The van der Waals surface area contributed by atoms with E-state index in [1.807, 2.05) is 0 Å². The summed E-state index contributed by atoms with van der Waals surface area (Å²) in [7, 11) is 2.81. The van der Waals surface area contributed by atoms with Gasteiger partial charge in [-0.25, -0.2) is 13.2 Å². The quantitative estimate of drug-likeness (QED) is 0.251. The first-order chi connectivity index (χ1) is 14.7. The smallest absolute Gasteiger partial charge is 0.387 e. The number of ether oxygens (including phenoxy) is 2. The number of methoxy groups -OCH3 is 1. The number of rotatable bonds is 8. The fraction of sp³-hybridized carbons (Fsp3) is 0.263. The van der Waals surface area contributed by atoms with Gasteiger partial charge in [-0.05, 0) is 30.3 Å². The van der Waals surface area contributed by atoms with Gasteiger partial charge in [-0.2, -0.15) is 8.78 Å². The molecule has 0 unspecified atom stereocenters. The molecular weight excluding hydrogens is 427 g/mol. The molecule has 0 aliphatic heterocycles. The van der Waals surface area contributed by atoms with Gasteiger partial charge >= 0.3 is 6.61 Å². The van der Waals surface area contributed by atoms with Gasteiger partial charge in [0.25, 0.3) is 0 Å². The number of benzene rings is 2. The molecule has 0 saturated heterocycles. The van der Waals surface area contributed by atoms with Gasteiger partial charge < -0.3 is 25.4 Å². The maximum absolute atomic E-state index is 13.6. The fourth-order valence-corrected chi connectivity index (χ4v) is 2.41. The molecule has 0 fully saturated rings. The zero-order valence-corrected chi connectivity index (χ0v) is 16.4. The number of amides is 1. The molecular formula is C19H19F5N4O3. The zero-order valence-electron chi connectivity index (χ0n) is 16.4. The van der Waals surface area contributed by atoms with Crippen molar-refractivity contribution in [2.24, 2.45) is 4.99 Å². The maximum atomic E-state index is 13.6. The van der Waals surface area contributed by atoms with E-state index in [1.165, 1.54) is 32.4 Å². The summed E-state index contributed by atoms with van der Waals surface area (Å²) in [4.78, 5) is 15.8. The van der Waals surface area contributed by atoms with E-state index in [9.17, 15) is 26.7 Å². The lowest BCUT2D eigenvalue weighted by Gasteiger charge is -2.15. The number of alkyl halides is 2. The largest absolute Gasteiger partial charge is 0.497 e. The van der Waals surface area contributed by atoms with Crippen LogP contribution >= 0.6 is 0 Å². The molecule has 1 amide bonds. The second kappa shape index (κ2) is 11.0. The summed E-state index contributed by atoms with van der Waals surface area (Å²) < 4.78 is 74.5. The van der Waals surface area contributed by atoms with Gasteiger partial charge in [0, 0.05) is 19.2 Å². The Hall–Kier alpha value is -3.57. The summed E-state index contributed by atoms with van der Waals surface area (Å²) in [5.74, 6) is -4.95. The lowest BCUT2D eigenvalue weighted by atomic mass is 10.2. The van der Waals surface area contributed by atoms with E-state index in [2.05, 4.69) is 25.7 Å². The first kappa shape index (κ1) is 23.7. The number of carbonyl (C=O) groups excluding carboxylic acids is 1. The predicted octanol–water partition coefficient (Wildman–Crippen LogP) is 3.02. The summed E-state index contributed by atoms with van der Waals surface area (Å²) in [5, 5.41) is 7.49. The third-order valence-electron chi connectivity index (χ3n) is 3.88. The van der Waals surface area contributed by atoms with Crippen molar-refractivity contribution >= 4 is 17.6 Å². The Morgan fingerprint density at radius 3 is 2.48 bits per heavy atom. The highest BCUT2D eigenvalue weighted by atomic mass is 19.3. The summed E-state index contributed by atoms with van der Waals surface area (Å²) in [5.41, 5.74) is -0.199. The highest BCUT2D eigenvalue weighted by Crippen LogP contribution is 2.25. The molecule has 0 saturated carbocycles. The van der Waals surface area contributed by atoms with Gasteiger partial charge in [-0.1, -0.05) is 0 Å². The number of aliphatic imine (C=N–C) groups is 1. The second-order valence-corrected chi connectivity index (χ2v) is 5.90. The number of hydrogen-bond donors (Lipinski definition) is 3. The van der Waals surface area contributed by atoms with E-state index in [0.29, 0.717) is 17.4 Å². The van der Waals surface area contributed by atoms with E-state index >= 15 is 0 Å². The van der Waals surface area contributed by atoms with Crippen molar-refractivity contribution in [2.45, 2.75) is 13.2 Å². The van der Waals surface area contributed by atoms with E-state index in [-0.39, 0.29) is 18.3 Å². The van der Waals surface area contributed by atoms with Crippen LogP contribution in [-0.2, 0) is 11.3 Å². The minimum Gasteiger partial charge on any atom is -0.497 e. The van der Waals surface area contributed by atoms with Crippen LogP contribution in [0.1, 0.15) is 5.56 Å². The molecule has 168 valence electrons. The summed E-state index contributed by atoms with van der Waals surface area (Å²) in [6, 6.07) is 5.82. The highest BCUT2D eigenvalue weighted by Gasteiger charge is 2.16. The zero-order chi connectivity index (χ0) is 23.0. The molecule has 0 atom stereocenters. The van der Waals surface area contributed by atoms with E-state index in [1.54, 1.807) is 0 Å². The van der Waals surface area contributed by atoms with Crippen LogP contribution in [0.5, 0.6) is 11.5 Å². The molecule has 0 aliphatic rings. The number of carbonyl (C=O) groups is 1. The molecule has 3 N–H and O–H groups in total. The first-order valence-electron chi connectivity index (χ1n) is 8.74. The number of guanidine groups is 1. The molecule has 0 heterocycles. The number of nitrogens with zero attached hydrogens (tertiary/aromatic N) is 1. The van der Waals surface area contributed by atoms with Crippen molar-refractivity contribution in [1.29, 1.82) is 0 Å². The van der Waals surface area contributed by atoms with Crippen molar-refractivity contribution in [2.75, 3.05) is 26.0 Å². The number of halogens is 5. The van der Waals surface area contributed by atoms with Crippen molar-refractivity contribution in [3.8, 4) is 11.5 Å². The number of anilines is 1. The van der Waals surface area contributed by atoms with Crippen LogP contribution < -0.4 is 25.4 Å². The molecule has 0 aliphatic carbocycles. The number of nitrogens with one attached hydrogen (secondary N) is 3. The Bertz CT molecular complexity index is 956. The summed E-state index contributed by atoms with van der Waals surface area (Å²) >= 11 is 0. The molecule has 2 rings (SSSR count). The second-order valence-electron chi connectivity index (χ2n) is 5.90. The summed E-state index contributed by atoms with van der Waals surface area (Å²) in [6.45, 7) is -3.44. The Morgan fingerprint density at radius 1 is 1.10 bits per heavy atom. The molecule has 2 aromatic carbocycles. The fourth-order valence-electron chi connectivity index (χ4n) is 2.41. The van der Waals surface area contributed by atoms with Gasteiger partial charge in [0.05, 0.1) is 19.3 Å². The molecule has 2 aromatic rings. The van der Waals surface area contributed by atoms with Crippen molar-refractivity contribution in [3.63, 3.8) is 0 Å². The van der Waals surface area contributed by atoms with Gasteiger partial charge in [0.15, 0.2) is 23.4 Å². The Kier molecular flexibility index (Phi) is 8.41. The van der Waals surface area contributed by atoms with E-state index in [0.717, 1.165) is 6.07 Å². The maximum Gasteiger partial charge on any atom is 0.387 e.